The number of likely N-dealkylation sites (tertiary alicyclic amines) is 2. The van der Waals surface area contributed by atoms with Gasteiger partial charge in [0.1, 0.15) is 5.69 Å². The normalized spacial score (nSPS) is 21.2. The second kappa shape index (κ2) is 11.7. The van der Waals surface area contributed by atoms with E-state index >= 15 is 0 Å². The Bertz CT molecular complexity index is 1390. The molecule has 5 nitrogen and oxygen atoms in total. The van der Waals surface area contributed by atoms with Crippen molar-refractivity contribution in [2.75, 3.05) is 32.8 Å². The number of aliphatic hydroxyl groups is 1. The zero-order chi connectivity index (χ0) is 28.6. The maximum atomic E-state index is 13.5. The number of hydrogen-bond acceptors (Lipinski definition) is 4. The zero-order valence-corrected chi connectivity index (χ0v) is 23.6. The lowest BCUT2D eigenvalue weighted by Gasteiger charge is -2.44. The van der Waals surface area contributed by atoms with Gasteiger partial charge < -0.3 is 10.0 Å². The lowest BCUT2D eigenvalue weighted by Crippen LogP contribution is -2.52. The Morgan fingerprint density at radius 3 is 2.40 bits per heavy atom. The number of rotatable bonds is 5. The number of hydrogen-bond donors (Lipinski definition) is 1. The van der Waals surface area contributed by atoms with Crippen LogP contribution < -0.4 is 0 Å². The van der Waals surface area contributed by atoms with Gasteiger partial charge in [-0.3, -0.25) is 9.69 Å². The van der Waals surface area contributed by atoms with Crippen molar-refractivity contribution in [3.63, 3.8) is 0 Å². The molecule has 1 amide bonds. The molecule has 9 heteroatoms. The molecule has 1 N–H and O–H groups in total. The number of benzene rings is 2. The predicted octanol–water partition coefficient (Wildman–Crippen LogP) is 6.30. The van der Waals surface area contributed by atoms with E-state index in [-0.39, 0.29) is 23.9 Å². The Kier molecular flexibility index (Phi) is 8.41. The van der Waals surface area contributed by atoms with Crippen molar-refractivity contribution in [1.29, 1.82) is 0 Å². The molecule has 1 aromatic heterocycles. The Balaban J connectivity index is 1.22. The summed E-state index contributed by atoms with van der Waals surface area (Å²) in [5, 5.41) is 11.4. The Hall–Kier alpha value is -2.68. The summed E-state index contributed by atoms with van der Waals surface area (Å²) in [6.07, 6.45) is -1.00. The number of carbonyl (C=O) groups excluding carboxylic acids is 1. The molecule has 2 atom stereocenters. The summed E-state index contributed by atoms with van der Waals surface area (Å²) in [5.74, 6) is 0.401. The van der Waals surface area contributed by atoms with Crippen molar-refractivity contribution in [3.05, 3.63) is 75.4 Å². The van der Waals surface area contributed by atoms with Crippen molar-refractivity contribution in [3.8, 4) is 0 Å². The highest BCUT2D eigenvalue weighted by molar-refractivity contribution is 6.31. The third-order valence-electron chi connectivity index (χ3n) is 8.74. The number of fused-ring (bicyclic) bond motifs is 1. The van der Waals surface area contributed by atoms with Gasteiger partial charge in [0.25, 0.3) is 5.91 Å². The topological polar surface area (TPSA) is 56.7 Å². The first-order valence-corrected chi connectivity index (χ1v) is 14.3. The van der Waals surface area contributed by atoms with Crippen LogP contribution in [0.4, 0.5) is 13.2 Å². The van der Waals surface area contributed by atoms with Crippen LogP contribution in [-0.2, 0) is 12.6 Å². The minimum atomic E-state index is -4.54. The third-order valence-corrected chi connectivity index (χ3v) is 9.15. The second-order valence-corrected chi connectivity index (χ2v) is 11.7. The molecule has 2 saturated heterocycles. The Morgan fingerprint density at radius 2 is 1.73 bits per heavy atom. The molecule has 0 spiro atoms. The van der Waals surface area contributed by atoms with E-state index < -0.39 is 11.9 Å². The molecule has 2 unspecified atom stereocenters. The molecule has 2 aliphatic rings. The fourth-order valence-electron chi connectivity index (χ4n) is 6.29. The number of pyridine rings is 1. The van der Waals surface area contributed by atoms with Gasteiger partial charge in [-0.1, -0.05) is 29.8 Å². The number of carbonyl (C=O) groups is 1. The van der Waals surface area contributed by atoms with Gasteiger partial charge in [-0.05, 0) is 98.9 Å². The van der Waals surface area contributed by atoms with Crippen molar-refractivity contribution < 1.29 is 23.1 Å². The number of aromatic nitrogens is 1. The molecule has 214 valence electrons. The number of amides is 1. The van der Waals surface area contributed by atoms with Gasteiger partial charge in [0.05, 0.1) is 5.52 Å². The maximum absolute atomic E-state index is 13.5. The van der Waals surface area contributed by atoms with Crippen LogP contribution in [-0.4, -0.2) is 64.6 Å². The number of halogens is 4. The van der Waals surface area contributed by atoms with Gasteiger partial charge >= 0.3 is 6.18 Å². The summed E-state index contributed by atoms with van der Waals surface area (Å²) in [6, 6.07) is 12.2. The molecule has 2 aliphatic heterocycles. The number of alkyl halides is 3. The molecular weight excluding hydrogens is 539 g/mol. The first kappa shape index (κ1) is 28.8. The van der Waals surface area contributed by atoms with Crippen LogP contribution in [0.1, 0.15) is 52.0 Å². The van der Waals surface area contributed by atoms with Crippen LogP contribution in [0.2, 0.25) is 5.02 Å². The van der Waals surface area contributed by atoms with E-state index in [0.717, 1.165) is 55.4 Å². The number of nitrogens with zero attached hydrogens (tertiary/aromatic N) is 3. The molecule has 3 heterocycles. The monoisotopic (exact) mass is 573 g/mol. The van der Waals surface area contributed by atoms with Gasteiger partial charge in [0, 0.05) is 48.3 Å². The van der Waals surface area contributed by atoms with Gasteiger partial charge in [-0.15, -0.1) is 0 Å². The molecule has 2 aromatic carbocycles. The van der Waals surface area contributed by atoms with Crippen molar-refractivity contribution in [2.24, 2.45) is 11.8 Å². The summed E-state index contributed by atoms with van der Waals surface area (Å²) in [6.45, 7) is 6.78. The molecule has 0 aliphatic carbocycles. The highest BCUT2D eigenvalue weighted by Crippen LogP contribution is 2.33. The SMILES string of the molecule is Cc1ccc(CC2CCN(C3CCN(C(=O)c4ccc(C)c5nc(C(F)(F)F)ccc45)CC3)CC2CO)cc1Cl. The molecular formula is C31H35ClF3N3O2. The predicted molar refractivity (Wildman–Crippen MR) is 151 cm³/mol. The Labute approximate surface area is 237 Å². The quantitative estimate of drug-likeness (QED) is 0.389. The van der Waals surface area contributed by atoms with Gasteiger partial charge in [-0.2, -0.15) is 13.2 Å². The molecule has 0 radical (unpaired) electrons. The van der Waals surface area contributed by atoms with Gasteiger partial charge in [0.2, 0.25) is 0 Å². The minimum Gasteiger partial charge on any atom is -0.396 e. The average molecular weight is 574 g/mol. The third kappa shape index (κ3) is 5.99. The van der Waals surface area contributed by atoms with E-state index in [1.165, 1.54) is 11.6 Å². The van der Waals surface area contributed by atoms with E-state index in [1.54, 1.807) is 24.0 Å². The molecule has 2 fully saturated rings. The van der Waals surface area contributed by atoms with Gasteiger partial charge in [0.15, 0.2) is 0 Å². The van der Waals surface area contributed by atoms with Crippen molar-refractivity contribution >= 4 is 28.4 Å². The summed E-state index contributed by atoms with van der Waals surface area (Å²) >= 11 is 6.33. The fourth-order valence-corrected chi connectivity index (χ4v) is 6.49. The summed E-state index contributed by atoms with van der Waals surface area (Å²) in [4.78, 5) is 21.6. The lowest BCUT2D eigenvalue weighted by atomic mass is 9.80. The fraction of sp³-hybridized carbons (Fsp3) is 0.484. The van der Waals surface area contributed by atoms with Gasteiger partial charge in [-0.25, -0.2) is 4.98 Å². The number of aliphatic hydroxyl groups excluding tert-OH is 1. The first-order valence-electron chi connectivity index (χ1n) is 13.9. The lowest BCUT2D eigenvalue weighted by molar-refractivity contribution is -0.140. The Morgan fingerprint density at radius 1 is 1.00 bits per heavy atom. The van der Waals surface area contributed by atoms with Crippen LogP contribution in [0, 0.1) is 25.7 Å². The van der Waals surface area contributed by atoms with Crippen LogP contribution >= 0.6 is 11.6 Å². The molecule has 0 bridgehead atoms. The van der Waals surface area contributed by atoms with E-state index in [1.807, 2.05) is 19.1 Å². The maximum Gasteiger partial charge on any atom is 0.433 e. The van der Waals surface area contributed by atoms with E-state index in [0.29, 0.717) is 41.6 Å². The largest absolute Gasteiger partial charge is 0.433 e. The summed E-state index contributed by atoms with van der Waals surface area (Å²) in [7, 11) is 0. The second-order valence-electron chi connectivity index (χ2n) is 11.3. The summed E-state index contributed by atoms with van der Waals surface area (Å²) in [5.41, 5.74) is 2.50. The van der Waals surface area contributed by atoms with E-state index in [9.17, 15) is 23.1 Å². The molecule has 40 heavy (non-hydrogen) atoms. The standard InChI is InChI=1S/C31H35ClF3N3O2/c1-19-3-5-21(16-27(19)32)15-22-9-12-38(17-23(22)18-39)24-10-13-37(14-11-24)30(40)26-6-4-20(2)29-25(26)7-8-28(36-29)31(33,34)35/h3-8,16,22-24,39H,9-15,17-18H2,1-2H3. The average Bonchev–Trinajstić information content (AvgIpc) is 2.94. The van der Waals surface area contributed by atoms with E-state index in [2.05, 4.69) is 16.0 Å². The smallest absolute Gasteiger partial charge is 0.396 e. The molecule has 5 rings (SSSR count). The number of piperidine rings is 2. The van der Waals surface area contributed by atoms with Crippen LogP contribution in [0.3, 0.4) is 0 Å². The van der Waals surface area contributed by atoms with Crippen LogP contribution in [0.25, 0.3) is 10.9 Å². The van der Waals surface area contributed by atoms with Crippen LogP contribution in [0.15, 0.2) is 42.5 Å². The highest BCUT2D eigenvalue weighted by atomic mass is 35.5. The van der Waals surface area contributed by atoms with Crippen LogP contribution in [0.5, 0.6) is 0 Å². The first-order chi connectivity index (χ1) is 19.0. The summed E-state index contributed by atoms with van der Waals surface area (Å²) < 4.78 is 39.7. The number of aryl methyl sites for hydroxylation is 2. The highest BCUT2D eigenvalue weighted by Gasteiger charge is 2.35. The van der Waals surface area contributed by atoms with Crippen molar-refractivity contribution in [2.45, 2.75) is 51.7 Å². The molecule has 3 aromatic rings. The van der Waals surface area contributed by atoms with Crippen molar-refractivity contribution in [1.82, 2.24) is 14.8 Å². The minimum absolute atomic E-state index is 0.142. The molecule has 0 saturated carbocycles. The van der Waals surface area contributed by atoms with E-state index in [4.69, 9.17) is 11.6 Å². The zero-order valence-electron chi connectivity index (χ0n) is 22.8.